The molecule has 1 heterocycles. The van der Waals surface area contributed by atoms with Crippen LogP contribution in [0.1, 0.15) is 84.1 Å². The largest absolute Gasteiger partial charge is 0.489 e. The Morgan fingerprint density at radius 1 is 0.800 bits per heavy atom. The van der Waals surface area contributed by atoms with E-state index >= 15 is 0 Å². The summed E-state index contributed by atoms with van der Waals surface area (Å²) in [6, 6.07) is 12.8. The van der Waals surface area contributed by atoms with Gasteiger partial charge >= 0.3 is 0 Å². The Balaban J connectivity index is 1.70. The summed E-state index contributed by atoms with van der Waals surface area (Å²) in [6.07, 6.45) is 14.6. The van der Waals surface area contributed by atoms with Crippen LogP contribution in [0.3, 0.4) is 0 Å². The van der Waals surface area contributed by atoms with E-state index in [2.05, 4.69) is 50.0 Å². The topological polar surface area (TPSA) is 31.4 Å². The molecule has 1 unspecified atom stereocenters. The van der Waals surface area contributed by atoms with Gasteiger partial charge in [-0.3, -0.25) is 4.98 Å². The molecule has 0 aliphatic rings. The summed E-state index contributed by atoms with van der Waals surface area (Å²) in [5.74, 6) is 0.796. The van der Waals surface area contributed by atoms with E-state index < -0.39 is 0 Å². The Hall–Kier alpha value is -1.87. The summed E-state index contributed by atoms with van der Waals surface area (Å²) in [5, 5.41) is 0. The van der Waals surface area contributed by atoms with E-state index in [1.54, 1.807) is 0 Å². The number of benzene rings is 1. The molecule has 1 atom stereocenters. The molecule has 3 heteroatoms. The lowest BCUT2D eigenvalue weighted by Gasteiger charge is -2.14. The minimum atomic E-state index is 0.0979. The molecule has 0 spiro atoms. The highest BCUT2D eigenvalue weighted by atomic mass is 16.5. The standard InChI is InChI=1S/C27H41NO2/c1-4-6-8-10-12-20-29-23(3)22-30-26-18-19-27(28-21-26)25-16-14-24(15-17-25)13-11-9-7-5-2/h14-19,21,23H,4-13,20,22H2,1-3H3. The molecule has 0 saturated heterocycles. The second-order valence-corrected chi connectivity index (χ2v) is 8.29. The molecule has 0 aliphatic carbocycles. The number of hydrogen-bond donors (Lipinski definition) is 0. The molecule has 2 aromatic rings. The molecule has 0 saturated carbocycles. The van der Waals surface area contributed by atoms with Crippen LogP contribution in [-0.4, -0.2) is 24.3 Å². The van der Waals surface area contributed by atoms with E-state index in [1.807, 2.05) is 18.3 Å². The van der Waals surface area contributed by atoms with E-state index in [0.717, 1.165) is 30.0 Å². The number of aromatic nitrogens is 1. The molecule has 0 N–H and O–H groups in total. The highest BCUT2D eigenvalue weighted by Gasteiger charge is 2.05. The number of unbranched alkanes of at least 4 members (excludes halogenated alkanes) is 7. The van der Waals surface area contributed by atoms with Crippen molar-refractivity contribution in [2.45, 2.75) is 91.1 Å². The van der Waals surface area contributed by atoms with Gasteiger partial charge in [-0.2, -0.15) is 0 Å². The Morgan fingerprint density at radius 2 is 1.50 bits per heavy atom. The third kappa shape index (κ3) is 9.75. The summed E-state index contributed by atoms with van der Waals surface area (Å²) in [4.78, 5) is 4.58. The van der Waals surface area contributed by atoms with Crippen LogP contribution in [0.4, 0.5) is 0 Å². The van der Waals surface area contributed by atoms with E-state index in [1.165, 1.54) is 63.4 Å². The lowest BCUT2D eigenvalue weighted by atomic mass is 10.0. The second-order valence-electron chi connectivity index (χ2n) is 8.29. The summed E-state index contributed by atoms with van der Waals surface area (Å²) >= 11 is 0. The maximum Gasteiger partial charge on any atom is 0.137 e. The second kappa shape index (κ2) is 15.0. The number of nitrogens with zero attached hydrogens (tertiary/aromatic N) is 1. The number of aryl methyl sites for hydroxylation is 1. The van der Waals surface area contributed by atoms with Gasteiger partial charge in [-0.1, -0.05) is 83.1 Å². The van der Waals surface area contributed by atoms with Crippen LogP contribution in [-0.2, 0) is 11.2 Å². The average Bonchev–Trinajstić information content (AvgIpc) is 2.78. The number of ether oxygens (including phenoxy) is 2. The monoisotopic (exact) mass is 411 g/mol. The average molecular weight is 412 g/mol. The minimum Gasteiger partial charge on any atom is -0.489 e. The van der Waals surface area contributed by atoms with Crippen molar-refractivity contribution in [3.63, 3.8) is 0 Å². The molecule has 0 fully saturated rings. The lowest BCUT2D eigenvalue weighted by Crippen LogP contribution is -2.18. The van der Waals surface area contributed by atoms with Crippen LogP contribution in [0.5, 0.6) is 5.75 Å². The van der Waals surface area contributed by atoms with Gasteiger partial charge in [0.15, 0.2) is 0 Å². The maximum absolute atomic E-state index is 5.85. The molecule has 30 heavy (non-hydrogen) atoms. The first-order chi connectivity index (χ1) is 14.7. The third-order valence-corrected chi connectivity index (χ3v) is 5.44. The summed E-state index contributed by atoms with van der Waals surface area (Å²) in [5.41, 5.74) is 3.55. The first kappa shape index (κ1) is 24.4. The van der Waals surface area contributed by atoms with Crippen molar-refractivity contribution in [3.05, 3.63) is 48.2 Å². The first-order valence-corrected chi connectivity index (χ1v) is 12.0. The molecule has 1 aromatic heterocycles. The molecule has 166 valence electrons. The Labute approximate surface area is 184 Å². The van der Waals surface area contributed by atoms with E-state index in [9.17, 15) is 0 Å². The van der Waals surface area contributed by atoms with Gasteiger partial charge in [-0.25, -0.2) is 0 Å². The third-order valence-electron chi connectivity index (χ3n) is 5.44. The number of pyridine rings is 1. The molecule has 0 amide bonds. The molecule has 3 nitrogen and oxygen atoms in total. The molecule has 0 aliphatic heterocycles. The van der Waals surface area contributed by atoms with Gasteiger partial charge in [-0.15, -0.1) is 0 Å². The normalized spacial score (nSPS) is 12.1. The highest BCUT2D eigenvalue weighted by molar-refractivity contribution is 5.59. The van der Waals surface area contributed by atoms with Crippen LogP contribution in [0.25, 0.3) is 11.3 Å². The molecule has 0 bridgehead atoms. The van der Waals surface area contributed by atoms with Gasteiger partial charge in [0.1, 0.15) is 12.4 Å². The molecular formula is C27H41NO2. The fourth-order valence-corrected chi connectivity index (χ4v) is 3.49. The van der Waals surface area contributed by atoms with Gasteiger partial charge < -0.3 is 9.47 Å². The Kier molecular flexibility index (Phi) is 12.2. The van der Waals surface area contributed by atoms with Gasteiger partial charge in [0, 0.05) is 12.2 Å². The van der Waals surface area contributed by atoms with Crippen molar-refractivity contribution < 1.29 is 9.47 Å². The smallest absolute Gasteiger partial charge is 0.137 e. The number of hydrogen-bond acceptors (Lipinski definition) is 3. The molecule has 1 aromatic carbocycles. The first-order valence-electron chi connectivity index (χ1n) is 12.0. The number of rotatable bonds is 16. The maximum atomic E-state index is 5.85. The van der Waals surface area contributed by atoms with Gasteiger partial charge in [-0.05, 0) is 43.9 Å². The van der Waals surface area contributed by atoms with Gasteiger partial charge in [0.25, 0.3) is 0 Å². The van der Waals surface area contributed by atoms with Crippen LogP contribution in [0.15, 0.2) is 42.6 Å². The van der Waals surface area contributed by atoms with Gasteiger partial charge in [0.2, 0.25) is 0 Å². The lowest BCUT2D eigenvalue weighted by molar-refractivity contribution is 0.0301. The summed E-state index contributed by atoms with van der Waals surface area (Å²) in [7, 11) is 0. The highest BCUT2D eigenvalue weighted by Crippen LogP contribution is 2.21. The van der Waals surface area contributed by atoms with Crippen molar-refractivity contribution in [2.24, 2.45) is 0 Å². The van der Waals surface area contributed by atoms with Gasteiger partial charge in [0.05, 0.1) is 18.0 Å². The molecule has 2 rings (SSSR count). The quantitative estimate of drug-likeness (QED) is 0.266. The molecular weight excluding hydrogens is 370 g/mol. The summed E-state index contributed by atoms with van der Waals surface area (Å²) in [6.45, 7) is 7.94. The Bertz CT molecular complexity index is 666. The fourth-order valence-electron chi connectivity index (χ4n) is 3.49. The zero-order chi connectivity index (χ0) is 21.4. The van der Waals surface area contributed by atoms with E-state index in [4.69, 9.17) is 9.47 Å². The zero-order valence-electron chi connectivity index (χ0n) is 19.4. The van der Waals surface area contributed by atoms with E-state index in [0.29, 0.717) is 6.61 Å². The van der Waals surface area contributed by atoms with Crippen LogP contribution < -0.4 is 4.74 Å². The van der Waals surface area contributed by atoms with Crippen molar-refractivity contribution in [1.29, 1.82) is 0 Å². The van der Waals surface area contributed by atoms with Crippen molar-refractivity contribution in [2.75, 3.05) is 13.2 Å². The van der Waals surface area contributed by atoms with Crippen LogP contribution in [0, 0.1) is 0 Å². The predicted octanol–water partition coefficient (Wildman–Crippen LogP) is 7.63. The predicted molar refractivity (Wildman–Crippen MR) is 127 cm³/mol. The van der Waals surface area contributed by atoms with Crippen LogP contribution >= 0.6 is 0 Å². The minimum absolute atomic E-state index is 0.0979. The Morgan fingerprint density at radius 3 is 2.17 bits per heavy atom. The van der Waals surface area contributed by atoms with Crippen molar-refractivity contribution >= 4 is 0 Å². The van der Waals surface area contributed by atoms with Crippen molar-refractivity contribution in [1.82, 2.24) is 4.98 Å². The van der Waals surface area contributed by atoms with E-state index in [-0.39, 0.29) is 6.10 Å². The van der Waals surface area contributed by atoms with Crippen LogP contribution in [0.2, 0.25) is 0 Å². The fraction of sp³-hybridized carbons (Fsp3) is 0.593. The summed E-state index contributed by atoms with van der Waals surface area (Å²) < 4.78 is 11.7. The zero-order valence-corrected chi connectivity index (χ0v) is 19.4. The molecule has 0 radical (unpaired) electrons. The SMILES string of the molecule is CCCCCCCOC(C)COc1ccc(-c2ccc(CCCCCC)cc2)nc1. The van der Waals surface area contributed by atoms with Crippen molar-refractivity contribution in [3.8, 4) is 17.0 Å².